The summed E-state index contributed by atoms with van der Waals surface area (Å²) < 4.78 is 0. The molecule has 0 unspecified atom stereocenters. The highest BCUT2D eigenvalue weighted by Crippen LogP contribution is 2.06. The van der Waals surface area contributed by atoms with Gasteiger partial charge >= 0.3 is 0 Å². The molecule has 0 fully saturated rings. The molecule has 0 aliphatic carbocycles. The summed E-state index contributed by atoms with van der Waals surface area (Å²) in [7, 11) is 0. The van der Waals surface area contributed by atoms with Crippen LogP contribution in [0.5, 0.6) is 0 Å². The summed E-state index contributed by atoms with van der Waals surface area (Å²) in [6.07, 6.45) is 17.6. The normalized spacial score (nSPS) is 10.9. The van der Waals surface area contributed by atoms with Crippen molar-refractivity contribution in [3.05, 3.63) is 23.8 Å². The fourth-order valence-electron chi connectivity index (χ4n) is 1.57. The van der Waals surface area contributed by atoms with E-state index in [2.05, 4.69) is 39.0 Å². The molecule has 0 heteroatoms. The van der Waals surface area contributed by atoms with Crippen LogP contribution < -0.4 is 0 Å². The summed E-state index contributed by atoms with van der Waals surface area (Å²) in [5.41, 5.74) is 1.43. The molecular formula is C15H28. The van der Waals surface area contributed by atoms with Crippen LogP contribution in [0, 0.1) is 0 Å². The Bertz CT molecular complexity index is 170. The molecule has 0 atom stereocenters. The molecule has 0 amide bonds. The van der Waals surface area contributed by atoms with Crippen molar-refractivity contribution in [1.29, 1.82) is 0 Å². The predicted molar refractivity (Wildman–Crippen MR) is 71.2 cm³/mol. The maximum atomic E-state index is 2.35. The standard InChI is InChI=1S/C15H28/c1-4-5-6-7-8-9-10-11-12-13-14-15(2)3/h10-11,14H,4-9,12-13H2,1-3H3/b11-10+. The van der Waals surface area contributed by atoms with Crippen LogP contribution in [0.3, 0.4) is 0 Å². The van der Waals surface area contributed by atoms with Crippen molar-refractivity contribution in [3.8, 4) is 0 Å². The first-order chi connectivity index (χ1) is 7.27. The van der Waals surface area contributed by atoms with Crippen LogP contribution in [-0.2, 0) is 0 Å². The Hall–Kier alpha value is -0.520. The third-order valence-electron chi connectivity index (χ3n) is 2.53. The molecular weight excluding hydrogens is 180 g/mol. The molecule has 0 aliphatic rings. The van der Waals surface area contributed by atoms with E-state index in [4.69, 9.17) is 0 Å². The molecule has 0 saturated carbocycles. The fourth-order valence-corrected chi connectivity index (χ4v) is 1.57. The SMILES string of the molecule is CCCCCCC/C=C/CCC=C(C)C. The number of allylic oxidation sites excluding steroid dienone is 4. The summed E-state index contributed by atoms with van der Waals surface area (Å²) in [5, 5.41) is 0. The highest BCUT2D eigenvalue weighted by atomic mass is 13.9. The van der Waals surface area contributed by atoms with Crippen molar-refractivity contribution in [2.24, 2.45) is 0 Å². The smallest absolute Gasteiger partial charge is 0.0314 e. The summed E-state index contributed by atoms with van der Waals surface area (Å²) in [5.74, 6) is 0. The minimum atomic E-state index is 1.20. The molecule has 0 bridgehead atoms. The van der Waals surface area contributed by atoms with Crippen molar-refractivity contribution in [2.75, 3.05) is 0 Å². The summed E-state index contributed by atoms with van der Waals surface area (Å²) in [6, 6.07) is 0. The van der Waals surface area contributed by atoms with Crippen LogP contribution >= 0.6 is 0 Å². The quantitative estimate of drug-likeness (QED) is 0.339. The minimum Gasteiger partial charge on any atom is -0.0885 e. The third-order valence-corrected chi connectivity index (χ3v) is 2.53. The summed E-state index contributed by atoms with van der Waals surface area (Å²) in [4.78, 5) is 0. The lowest BCUT2D eigenvalue weighted by atomic mass is 10.1. The fraction of sp³-hybridized carbons (Fsp3) is 0.733. The molecule has 0 N–H and O–H groups in total. The maximum Gasteiger partial charge on any atom is -0.0314 e. The van der Waals surface area contributed by atoms with Crippen LogP contribution in [-0.4, -0.2) is 0 Å². The van der Waals surface area contributed by atoms with E-state index < -0.39 is 0 Å². The molecule has 0 rings (SSSR count). The zero-order valence-electron chi connectivity index (χ0n) is 10.9. The molecule has 0 radical (unpaired) electrons. The molecule has 0 nitrogen and oxygen atoms in total. The summed E-state index contributed by atoms with van der Waals surface area (Å²) >= 11 is 0. The lowest BCUT2D eigenvalue weighted by molar-refractivity contribution is 0.637. The van der Waals surface area contributed by atoms with E-state index in [-0.39, 0.29) is 0 Å². The average Bonchev–Trinajstić information content (AvgIpc) is 2.20. The van der Waals surface area contributed by atoms with Gasteiger partial charge in [-0.25, -0.2) is 0 Å². The van der Waals surface area contributed by atoms with Gasteiger partial charge in [0.2, 0.25) is 0 Å². The Kier molecular flexibility index (Phi) is 11.2. The van der Waals surface area contributed by atoms with Crippen molar-refractivity contribution in [2.45, 2.75) is 72.1 Å². The van der Waals surface area contributed by atoms with Crippen LogP contribution in [0.25, 0.3) is 0 Å². The van der Waals surface area contributed by atoms with E-state index in [0.29, 0.717) is 0 Å². The Morgan fingerprint density at radius 3 is 2.13 bits per heavy atom. The molecule has 0 saturated heterocycles. The zero-order valence-corrected chi connectivity index (χ0v) is 10.9. The molecule has 0 heterocycles. The second-order valence-corrected chi connectivity index (χ2v) is 4.53. The number of hydrogen-bond donors (Lipinski definition) is 0. The largest absolute Gasteiger partial charge is 0.0885 e. The molecule has 0 aromatic carbocycles. The Morgan fingerprint density at radius 2 is 1.47 bits per heavy atom. The zero-order chi connectivity index (χ0) is 11.4. The lowest BCUT2D eigenvalue weighted by Crippen LogP contribution is -1.76. The van der Waals surface area contributed by atoms with E-state index in [1.54, 1.807) is 0 Å². The first kappa shape index (κ1) is 14.5. The van der Waals surface area contributed by atoms with Gasteiger partial charge in [0.15, 0.2) is 0 Å². The Morgan fingerprint density at radius 1 is 0.800 bits per heavy atom. The lowest BCUT2D eigenvalue weighted by Gasteiger charge is -1.96. The van der Waals surface area contributed by atoms with Gasteiger partial charge in [0, 0.05) is 0 Å². The third kappa shape index (κ3) is 13.5. The van der Waals surface area contributed by atoms with Crippen LogP contribution in [0.2, 0.25) is 0 Å². The monoisotopic (exact) mass is 208 g/mol. The van der Waals surface area contributed by atoms with Crippen LogP contribution in [0.4, 0.5) is 0 Å². The van der Waals surface area contributed by atoms with Gasteiger partial charge in [-0.15, -0.1) is 0 Å². The minimum absolute atomic E-state index is 1.20. The van der Waals surface area contributed by atoms with Gasteiger partial charge in [-0.05, 0) is 39.5 Å². The molecule has 0 aromatic rings. The Balaban J connectivity index is 3.14. The molecule has 0 aromatic heterocycles. The van der Waals surface area contributed by atoms with Gasteiger partial charge in [0.05, 0.1) is 0 Å². The molecule has 15 heavy (non-hydrogen) atoms. The van der Waals surface area contributed by atoms with E-state index in [1.165, 1.54) is 56.9 Å². The first-order valence-electron chi connectivity index (χ1n) is 6.55. The Labute approximate surface area is 96.5 Å². The van der Waals surface area contributed by atoms with Gasteiger partial charge in [0.1, 0.15) is 0 Å². The summed E-state index contributed by atoms with van der Waals surface area (Å²) in [6.45, 7) is 6.60. The van der Waals surface area contributed by atoms with Crippen LogP contribution in [0.1, 0.15) is 72.1 Å². The molecule has 0 aliphatic heterocycles. The molecule has 88 valence electrons. The number of rotatable bonds is 9. The highest BCUT2D eigenvalue weighted by molar-refractivity contribution is 4.94. The van der Waals surface area contributed by atoms with E-state index >= 15 is 0 Å². The predicted octanol–water partition coefficient (Wildman–Crippen LogP) is 5.65. The average molecular weight is 208 g/mol. The van der Waals surface area contributed by atoms with Gasteiger partial charge in [0.25, 0.3) is 0 Å². The van der Waals surface area contributed by atoms with Crippen molar-refractivity contribution < 1.29 is 0 Å². The van der Waals surface area contributed by atoms with Crippen LogP contribution in [0.15, 0.2) is 23.8 Å². The van der Waals surface area contributed by atoms with Gasteiger partial charge in [-0.3, -0.25) is 0 Å². The van der Waals surface area contributed by atoms with Crippen molar-refractivity contribution >= 4 is 0 Å². The number of hydrogen-bond acceptors (Lipinski definition) is 0. The second kappa shape index (κ2) is 11.6. The maximum absolute atomic E-state index is 2.35. The van der Waals surface area contributed by atoms with Gasteiger partial charge in [-0.2, -0.15) is 0 Å². The second-order valence-electron chi connectivity index (χ2n) is 4.53. The van der Waals surface area contributed by atoms with E-state index in [9.17, 15) is 0 Å². The van der Waals surface area contributed by atoms with E-state index in [1.807, 2.05) is 0 Å². The topological polar surface area (TPSA) is 0 Å². The van der Waals surface area contributed by atoms with Gasteiger partial charge in [-0.1, -0.05) is 56.4 Å². The van der Waals surface area contributed by atoms with E-state index in [0.717, 1.165) is 0 Å². The first-order valence-corrected chi connectivity index (χ1v) is 6.55. The van der Waals surface area contributed by atoms with Crippen molar-refractivity contribution in [1.82, 2.24) is 0 Å². The van der Waals surface area contributed by atoms with Gasteiger partial charge < -0.3 is 0 Å². The van der Waals surface area contributed by atoms with Crippen molar-refractivity contribution in [3.63, 3.8) is 0 Å². The highest BCUT2D eigenvalue weighted by Gasteiger charge is 1.86. The molecule has 0 spiro atoms. The number of unbranched alkanes of at least 4 members (excludes halogenated alkanes) is 6.